The number of benzene rings is 1. The summed E-state index contributed by atoms with van der Waals surface area (Å²) in [4.78, 5) is 51.8. The Hall–Kier alpha value is -4.58. The fourth-order valence-electron chi connectivity index (χ4n) is 4.39. The number of hydrogen-bond acceptors (Lipinski definition) is 12. The molecule has 3 aromatic rings. The number of rotatable bonds is 11. The van der Waals surface area contributed by atoms with Gasteiger partial charge in [0.05, 0.1) is 13.2 Å². The molecule has 0 amide bonds. The monoisotopic (exact) mass is 583 g/mol. The highest BCUT2D eigenvalue weighted by atomic mass is 16.6. The molecule has 0 saturated carbocycles. The molecule has 224 valence electrons. The van der Waals surface area contributed by atoms with E-state index in [4.69, 9.17) is 27.8 Å². The molecule has 1 unspecified atom stereocenters. The smallest absolute Gasteiger partial charge is 0.374 e. The molecule has 12 heteroatoms. The van der Waals surface area contributed by atoms with Crippen LogP contribution in [0.4, 0.5) is 5.69 Å². The van der Waals surface area contributed by atoms with E-state index in [0.29, 0.717) is 17.9 Å². The van der Waals surface area contributed by atoms with Crippen molar-refractivity contribution in [3.05, 3.63) is 66.9 Å². The van der Waals surface area contributed by atoms with E-state index in [-0.39, 0.29) is 71.2 Å². The van der Waals surface area contributed by atoms with Gasteiger partial charge >= 0.3 is 11.9 Å². The number of nitrogens with zero attached hydrogens (tertiary/aromatic N) is 1. The first-order chi connectivity index (χ1) is 20.0. The first-order valence-electron chi connectivity index (χ1n) is 13.5. The summed E-state index contributed by atoms with van der Waals surface area (Å²) in [5.74, 6) is -1.55. The van der Waals surface area contributed by atoms with Gasteiger partial charge in [-0.05, 0) is 25.8 Å². The van der Waals surface area contributed by atoms with Crippen LogP contribution in [0, 0.1) is 5.92 Å². The summed E-state index contributed by atoms with van der Waals surface area (Å²) in [6.45, 7) is 4.95. The topological polar surface area (TPSA) is 155 Å². The van der Waals surface area contributed by atoms with Gasteiger partial charge in [0, 0.05) is 50.5 Å². The number of aliphatic hydroxyl groups is 1. The second-order valence-corrected chi connectivity index (χ2v) is 9.89. The van der Waals surface area contributed by atoms with Crippen LogP contribution in [0.1, 0.15) is 48.3 Å². The van der Waals surface area contributed by atoms with E-state index < -0.39 is 28.9 Å². The molecule has 2 atom stereocenters. The van der Waals surface area contributed by atoms with Gasteiger partial charge < -0.3 is 37.8 Å². The van der Waals surface area contributed by atoms with Gasteiger partial charge in [-0.2, -0.15) is 0 Å². The van der Waals surface area contributed by atoms with E-state index in [1.165, 1.54) is 0 Å². The van der Waals surface area contributed by atoms with E-state index in [1.807, 2.05) is 6.92 Å². The summed E-state index contributed by atoms with van der Waals surface area (Å²) in [5, 5.41) is 11.0. The van der Waals surface area contributed by atoms with E-state index in [2.05, 4.69) is 0 Å². The molecule has 4 rings (SSSR count). The predicted octanol–water partition coefficient (Wildman–Crippen LogP) is 1.55. The molecule has 2 aromatic heterocycles. The number of carbonyl (C=O) groups excluding carboxylic acids is 2. The third-order valence-electron chi connectivity index (χ3n) is 6.33. The lowest BCUT2D eigenvalue weighted by molar-refractivity contribution is 0.0476. The molecule has 0 spiro atoms. The van der Waals surface area contributed by atoms with Crippen molar-refractivity contribution in [2.45, 2.75) is 33.3 Å². The first kappa shape index (κ1) is 30.4. The molecule has 1 N–H and O–H groups in total. The summed E-state index contributed by atoms with van der Waals surface area (Å²) in [6.07, 6.45) is 0.953. The highest BCUT2D eigenvalue weighted by Gasteiger charge is 2.22. The summed E-state index contributed by atoms with van der Waals surface area (Å²) in [5.41, 5.74) is -0.0409. The Labute approximate surface area is 240 Å². The fourth-order valence-corrected chi connectivity index (χ4v) is 4.39. The number of anilines is 1. The summed E-state index contributed by atoms with van der Waals surface area (Å²) >= 11 is 0. The van der Waals surface area contributed by atoms with Crippen molar-refractivity contribution in [1.82, 2.24) is 0 Å². The lowest BCUT2D eigenvalue weighted by Crippen LogP contribution is -2.44. The van der Waals surface area contributed by atoms with Crippen molar-refractivity contribution in [3.63, 3.8) is 0 Å². The third-order valence-corrected chi connectivity index (χ3v) is 6.33. The second kappa shape index (κ2) is 12.9. The number of esters is 2. The average Bonchev–Trinajstić information content (AvgIpc) is 2.93. The molecule has 0 radical (unpaired) electrons. The molecule has 0 bridgehead atoms. The van der Waals surface area contributed by atoms with Gasteiger partial charge in [0.15, 0.2) is 10.9 Å². The quantitative estimate of drug-likeness (QED) is 0.326. The Morgan fingerprint density at radius 3 is 2.21 bits per heavy atom. The molecule has 0 saturated heterocycles. The van der Waals surface area contributed by atoms with Gasteiger partial charge in [-0.3, -0.25) is 9.59 Å². The van der Waals surface area contributed by atoms with Crippen LogP contribution in [-0.4, -0.2) is 63.7 Å². The normalized spacial score (nSPS) is 14.9. The Balaban J connectivity index is 1.56. The van der Waals surface area contributed by atoms with Crippen LogP contribution in [0.25, 0.3) is 22.8 Å². The number of ether oxygens (including phenoxy) is 4. The minimum absolute atomic E-state index is 0.0691. The molecular formula is C30H33NO11. The van der Waals surface area contributed by atoms with Gasteiger partial charge in [-0.15, -0.1) is 0 Å². The van der Waals surface area contributed by atoms with Crippen molar-refractivity contribution in [1.29, 1.82) is 0 Å². The zero-order valence-corrected chi connectivity index (χ0v) is 24.1. The Bertz CT molecular complexity index is 1730. The molecule has 42 heavy (non-hydrogen) atoms. The number of carbonyl (C=O) groups is 2. The summed E-state index contributed by atoms with van der Waals surface area (Å²) in [7, 11) is 3.57. The number of fused-ring (bicyclic) bond motifs is 2. The highest BCUT2D eigenvalue weighted by Crippen LogP contribution is 2.30. The molecule has 0 aliphatic heterocycles. The summed E-state index contributed by atoms with van der Waals surface area (Å²) in [6, 6.07) is 5.31. The van der Waals surface area contributed by atoms with Crippen LogP contribution >= 0.6 is 0 Å². The van der Waals surface area contributed by atoms with Gasteiger partial charge in [0.2, 0.25) is 11.5 Å². The van der Waals surface area contributed by atoms with Crippen LogP contribution in [0.2, 0.25) is 0 Å². The van der Waals surface area contributed by atoms with Gasteiger partial charge in [-0.1, -0.05) is 6.92 Å². The van der Waals surface area contributed by atoms with Crippen LogP contribution < -0.4 is 31.1 Å². The SMILES string of the molecule is CCOC(=O)c1cc(=O)c2c(o1)=C[C@@H](C)CC=2OCC(O)COc1cc(N(C)C)cc2oc(C(=O)OCC)cc(=O)c12. The van der Waals surface area contributed by atoms with Crippen molar-refractivity contribution < 1.29 is 42.5 Å². The Morgan fingerprint density at radius 1 is 0.952 bits per heavy atom. The van der Waals surface area contributed by atoms with Gasteiger partial charge in [-0.25, -0.2) is 9.59 Å². The first-order valence-corrected chi connectivity index (χ1v) is 13.5. The van der Waals surface area contributed by atoms with Gasteiger partial charge in [0.1, 0.15) is 52.4 Å². The van der Waals surface area contributed by atoms with Crippen molar-refractivity contribution in [3.8, 4) is 5.75 Å². The lowest BCUT2D eigenvalue weighted by Gasteiger charge is -2.20. The lowest BCUT2D eigenvalue weighted by atomic mass is 10.00. The van der Waals surface area contributed by atoms with Crippen LogP contribution in [0.5, 0.6) is 5.75 Å². The maximum Gasteiger partial charge on any atom is 0.374 e. The fraction of sp³-hybridized carbons (Fsp3) is 0.400. The average molecular weight is 584 g/mol. The van der Waals surface area contributed by atoms with Gasteiger partial charge in [0.25, 0.3) is 0 Å². The zero-order valence-electron chi connectivity index (χ0n) is 24.1. The molecule has 0 fully saturated rings. The van der Waals surface area contributed by atoms with E-state index >= 15 is 0 Å². The van der Waals surface area contributed by atoms with E-state index in [1.54, 1.807) is 51.1 Å². The third kappa shape index (κ3) is 6.65. The van der Waals surface area contributed by atoms with Crippen LogP contribution in [-0.2, 0) is 14.2 Å². The van der Waals surface area contributed by atoms with Crippen molar-refractivity contribution in [2.75, 3.05) is 45.4 Å². The van der Waals surface area contributed by atoms with Crippen LogP contribution in [0.3, 0.4) is 0 Å². The zero-order chi connectivity index (χ0) is 30.6. The Kier molecular flexibility index (Phi) is 9.36. The number of aliphatic hydroxyl groups excluding tert-OH is 1. The van der Waals surface area contributed by atoms with E-state index in [9.17, 15) is 24.3 Å². The largest absolute Gasteiger partial charge is 0.494 e. The standard InChI is InChI=1S/C30H33NO11/c1-6-37-29(35)25-12-19(33)27-21(8-16(3)9-23(27)41-25)39-14-18(32)15-40-22-10-17(31(4)5)11-24-28(22)20(34)13-26(42-24)30(36)38-7-2/h9-13,16,18,32H,6-8,14-15H2,1-5H3/t16-,18?/m0/s1. The molecule has 1 aromatic carbocycles. The maximum atomic E-state index is 12.9. The van der Waals surface area contributed by atoms with E-state index in [0.717, 1.165) is 12.1 Å². The molecule has 2 heterocycles. The van der Waals surface area contributed by atoms with Crippen LogP contribution in [0.15, 0.2) is 42.7 Å². The maximum absolute atomic E-state index is 12.9. The van der Waals surface area contributed by atoms with Crippen molar-refractivity contribution >= 4 is 40.4 Å². The highest BCUT2D eigenvalue weighted by molar-refractivity contribution is 5.92. The molecule has 1 aliphatic carbocycles. The minimum Gasteiger partial charge on any atom is -0.494 e. The minimum atomic E-state index is -1.16. The second-order valence-electron chi connectivity index (χ2n) is 9.89. The number of hydrogen-bond donors (Lipinski definition) is 1. The molecule has 1 aliphatic rings. The predicted molar refractivity (Wildman–Crippen MR) is 152 cm³/mol. The molecular weight excluding hydrogens is 550 g/mol. The Morgan fingerprint density at radius 2 is 1.57 bits per heavy atom. The van der Waals surface area contributed by atoms with Crippen molar-refractivity contribution in [2.24, 2.45) is 5.92 Å². The summed E-state index contributed by atoms with van der Waals surface area (Å²) < 4.78 is 32.9. The molecule has 12 nitrogen and oxygen atoms in total.